The second kappa shape index (κ2) is 7.31. The number of hydrogen-bond acceptors (Lipinski definition) is 6. The van der Waals surface area contributed by atoms with Gasteiger partial charge in [0.05, 0.1) is 20.8 Å². The van der Waals surface area contributed by atoms with E-state index in [0.29, 0.717) is 18.1 Å². The lowest BCUT2D eigenvalue weighted by molar-refractivity contribution is 0.314. The summed E-state index contributed by atoms with van der Waals surface area (Å²) in [7, 11) is 0.00182. The second-order valence-electron chi connectivity index (χ2n) is 4.15. The Kier molecular flexibility index (Phi) is 6.05. The molecular formula is C13H20NO5P. The van der Waals surface area contributed by atoms with Gasteiger partial charge in [0.25, 0.3) is 0 Å². The predicted octanol–water partition coefficient (Wildman–Crippen LogP) is 2.98. The van der Waals surface area contributed by atoms with Crippen LogP contribution in [-0.2, 0) is 15.5 Å². The normalized spacial score (nSPS) is 14.7. The molecule has 0 aliphatic rings. The number of rotatable bonds is 7. The largest absolute Gasteiger partial charge is 0.493 e. The Morgan fingerprint density at radius 1 is 1.30 bits per heavy atom. The molecule has 0 spiro atoms. The summed E-state index contributed by atoms with van der Waals surface area (Å²) in [5, 5.41) is 12.2. The standard InChI is InChI=1S/C13H20NO5P/c1-5-19-20(4,16)13(14-15)9-10-6-7-11(17-2)12(8-10)18-3/h6-8,15H,5,9H2,1-4H3/b14-13-/t20-/m0/s1. The zero-order valence-corrected chi connectivity index (χ0v) is 13.0. The maximum atomic E-state index is 12.3. The summed E-state index contributed by atoms with van der Waals surface area (Å²) in [4.78, 5) is 0. The first kappa shape index (κ1) is 16.5. The molecule has 0 aliphatic carbocycles. The number of oxime groups is 1. The van der Waals surface area contributed by atoms with Gasteiger partial charge in [-0.2, -0.15) is 0 Å². The highest BCUT2D eigenvalue weighted by Gasteiger charge is 2.25. The minimum absolute atomic E-state index is 0.117. The van der Waals surface area contributed by atoms with Crippen LogP contribution in [0.25, 0.3) is 0 Å². The molecule has 112 valence electrons. The number of hydrogen-bond donors (Lipinski definition) is 1. The fourth-order valence-corrected chi connectivity index (χ4v) is 3.03. The van der Waals surface area contributed by atoms with Crippen LogP contribution in [-0.4, -0.2) is 38.2 Å². The van der Waals surface area contributed by atoms with Gasteiger partial charge in [-0.25, -0.2) is 0 Å². The minimum atomic E-state index is -3.08. The highest BCUT2D eigenvalue weighted by molar-refractivity contribution is 7.75. The van der Waals surface area contributed by atoms with E-state index in [0.717, 1.165) is 5.56 Å². The molecule has 20 heavy (non-hydrogen) atoms. The third-order valence-electron chi connectivity index (χ3n) is 2.77. The molecule has 1 aromatic carbocycles. The first-order chi connectivity index (χ1) is 9.48. The van der Waals surface area contributed by atoms with Crippen molar-refractivity contribution in [2.24, 2.45) is 5.16 Å². The number of benzene rings is 1. The molecule has 0 fully saturated rings. The van der Waals surface area contributed by atoms with Gasteiger partial charge in [-0.15, -0.1) is 0 Å². The second-order valence-corrected chi connectivity index (χ2v) is 6.61. The van der Waals surface area contributed by atoms with Gasteiger partial charge in [0.2, 0.25) is 7.37 Å². The number of methoxy groups -OCH3 is 2. The first-order valence-corrected chi connectivity index (χ1v) is 8.20. The SMILES string of the molecule is CCO[P@](C)(=O)/C(Cc1ccc(OC)c(OC)c1)=N\O. The Morgan fingerprint density at radius 3 is 2.45 bits per heavy atom. The average molecular weight is 301 g/mol. The summed E-state index contributed by atoms with van der Waals surface area (Å²) in [6.45, 7) is 3.46. The van der Waals surface area contributed by atoms with Crippen LogP contribution in [0, 0.1) is 0 Å². The molecule has 0 aliphatic heterocycles. The summed E-state index contributed by atoms with van der Waals surface area (Å²) in [5.41, 5.74) is 0.906. The van der Waals surface area contributed by atoms with Crippen LogP contribution in [0.2, 0.25) is 0 Å². The minimum Gasteiger partial charge on any atom is -0.493 e. The Labute approximate surface area is 118 Å². The number of ether oxygens (including phenoxy) is 2. The topological polar surface area (TPSA) is 77.4 Å². The van der Waals surface area contributed by atoms with Crippen molar-refractivity contribution in [2.75, 3.05) is 27.5 Å². The maximum absolute atomic E-state index is 12.3. The molecule has 1 N–H and O–H groups in total. The predicted molar refractivity (Wildman–Crippen MR) is 77.6 cm³/mol. The molecule has 0 aromatic heterocycles. The molecule has 0 saturated heterocycles. The Morgan fingerprint density at radius 2 is 1.95 bits per heavy atom. The molecule has 0 saturated carbocycles. The van der Waals surface area contributed by atoms with E-state index < -0.39 is 7.37 Å². The highest BCUT2D eigenvalue weighted by Crippen LogP contribution is 2.45. The van der Waals surface area contributed by atoms with E-state index in [1.807, 2.05) is 0 Å². The maximum Gasteiger partial charge on any atom is 0.246 e. The third kappa shape index (κ3) is 3.99. The van der Waals surface area contributed by atoms with Crippen molar-refractivity contribution in [1.29, 1.82) is 0 Å². The van der Waals surface area contributed by atoms with E-state index in [9.17, 15) is 4.57 Å². The van der Waals surface area contributed by atoms with E-state index in [-0.39, 0.29) is 11.9 Å². The smallest absolute Gasteiger partial charge is 0.246 e. The van der Waals surface area contributed by atoms with Crippen LogP contribution < -0.4 is 9.47 Å². The molecule has 0 amide bonds. The molecule has 1 atom stereocenters. The molecule has 0 bridgehead atoms. The van der Waals surface area contributed by atoms with Crippen LogP contribution >= 0.6 is 7.37 Å². The fourth-order valence-electron chi connectivity index (χ4n) is 1.75. The van der Waals surface area contributed by atoms with Gasteiger partial charge >= 0.3 is 0 Å². The summed E-state index contributed by atoms with van der Waals surface area (Å²) in [5.74, 6) is 1.16. The molecule has 0 heterocycles. The van der Waals surface area contributed by atoms with E-state index in [2.05, 4.69) is 5.16 Å². The molecule has 0 radical (unpaired) electrons. The Balaban J connectivity index is 3.00. The van der Waals surface area contributed by atoms with Crippen molar-refractivity contribution in [2.45, 2.75) is 13.3 Å². The van der Waals surface area contributed by atoms with Crippen LogP contribution in [0.1, 0.15) is 12.5 Å². The Bertz CT molecular complexity index is 529. The lowest BCUT2D eigenvalue weighted by Crippen LogP contribution is -2.07. The first-order valence-electron chi connectivity index (χ1n) is 6.13. The summed E-state index contributed by atoms with van der Waals surface area (Å²) >= 11 is 0. The molecule has 0 unspecified atom stereocenters. The molecule has 1 aromatic rings. The molecule has 7 heteroatoms. The van der Waals surface area contributed by atoms with E-state index in [1.54, 1.807) is 32.2 Å². The van der Waals surface area contributed by atoms with Crippen LogP contribution in [0.15, 0.2) is 23.4 Å². The van der Waals surface area contributed by atoms with Crippen LogP contribution in [0.3, 0.4) is 0 Å². The van der Waals surface area contributed by atoms with Crippen LogP contribution in [0.5, 0.6) is 11.5 Å². The highest BCUT2D eigenvalue weighted by atomic mass is 31.2. The molecule has 1 rings (SSSR count). The van der Waals surface area contributed by atoms with Crippen molar-refractivity contribution in [3.05, 3.63) is 23.8 Å². The van der Waals surface area contributed by atoms with Gasteiger partial charge < -0.3 is 19.2 Å². The van der Waals surface area contributed by atoms with Crippen molar-refractivity contribution in [3.8, 4) is 11.5 Å². The third-order valence-corrected chi connectivity index (χ3v) is 4.71. The van der Waals surface area contributed by atoms with Crippen LogP contribution in [0.4, 0.5) is 0 Å². The summed E-state index contributed by atoms with van der Waals surface area (Å²) < 4.78 is 27.8. The van der Waals surface area contributed by atoms with Crippen molar-refractivity contribution in [3.63, 3.8) is 0 Å². The lowest BCUT2D eigenvalue weighted by Gasteiger charge is -2.15. The fraction of sp³-hybridized carbons (Fsp3) is 0.462. The quantitative estimate of drug-likeness (QED) is 0.362. The number of nitrogens with zero attached hydrogens (tertiary/aromatic N) is 1. The molecular weight excluding hydrogens is 281 g/mol. The van der Waals surface area contributed by atoms with Gasteiger partial charge in [0.1, 0.15) is 5.45 Å². The van der Waals surface area contributed by atoms with Gasteiger partial charge in [0.15, 0.2) is 11.5 Å². The van der Waals surface area contributed by atoms with Gasteiger partial charge in [0, 0.05) is 13.1 Å². The van der Waals surface area contributed by atoms with Gasteiger partial charge in [-0.3, -0.25) is 4.57 Å². The zero-order valence-electron chi connectivity index (χ0n) is 12.1. The lowest BCUT2D eigenvalue weighted by atomic mass is 10.1. The zero-order chi connectivity index (χ0) is 15.2. The van der Waals surface area contributed by atoms with E-state index >= 15 is 0 Å². The van der Waals surface area contributed by atoms with Crippen molar-refractivity contribution in [1.82, 2.24) is 0 Å². The summed E-state index contributed by atoms with van der Waals surface area (Å²) in [6.07, 6.45) is 0.213. The van der Waals surface area contributed by atoms with E-state index in [1.165, 1.54) is 13.8 Å². The van der Waals surface area contributed by atoms with Crippen molar-refractivity contribution >= 4 is 12.8 Å². The summed E-state index contributed by atoms with van der Waals surface area (Å²) in [6, 6.07) is 5.28. The molecule has 6 nitrogen and oxygen atoms in total. The average Bonchev–Trinajstić information content (AvgIpc) is 2.44. The Hall–Kier alpha value is -1.52. The van der Waals surface area contributed by atoms with Gasteiger partial charge in [-0.05, 0) is 24.6 Å². The van der Waals surface area contributed by atoms with E-state index in [4.69, 9.17) is 19.2 Å². The monoisotopic (exact) mass is 301 g/mol. The van der Waals surface area contributed by atoms with Crippen molar-refractivity contribution < 1.29 is 23.8 Å². The van der Waals surface area contributed by atoms with Gasteiger partial charge in [-0.1, -0.05) is 11.2 Å².